The van der Waals surface area contributed by atoms with Gasteiger partial charge in [0, 0.05) is 5.02 Å². The third-order valence-electron chi connectivity index (χ3n) is 2.57. The maximum Gasteiger partial charge on any atom is 0.312 e. The zero-order valence-electron chi connectivity index (χ0n) is 10.4. The highest BCUT2D eigenvalue weighted by Gasteiger charge is 2.15. The number of hydrogen-bond donors (Lipinski definition) is 2. The molecule has 0 aliphatic carbocycles. The predicted molar refractivity (Wildman–Crippen MR) is 83.4 cm³/mol. The Morgan fingerprint density at radius 2 is 2.05 bits per heavy atom. The van der Waals surface area contributed by atoms with E-state index in [0.29, 0.717) is 10.2 Å². The largest absolute Gasteiger partial charge is 0.375 e. The predicted octanol–water partition coefficient (Wildman–Crippen LogP) is 3.27. The van der Waals surface area contributed by atoms with Crippen molar-refractivity contribution in [2.75, 3.05) is 6.26 Å². The fourth-order valence-corrected chi connectivity index (χ4v) is 1.95. The van der Waals surface area contributed by atoms with Crippen LogP contribution in [0.25, 0.3) is 11.1 Å². The van der Waals surface area contributed by atoms with E-state index in [1.54, 1.807) is 0 Å². The number of hydrogen-bond acceptors (Lipinski definition) is 2. The zero-order chi connectivity index (χ0) is 13.8. The average Bonchev–Trinajstić information content (AvgIpc) is 2.88. The Kier molecular flexibility index (Phi) is 4.29. The number of halogens is 1. The normalized spacial score (nSPS) is 11.6. The number of nitrogens with zero attached hydrogens (tertiary/aromatic N) is 2. The van der Waals surface area contributed by atoms with Gasteiger partial charge in [-0.1, -0.05) is 40.6 Å². The lowest BCUT2D eigenvalue weighted by molar-refractivity contribution is -0.438. The van der Waals surface area contributed by atoms with Gasteiger partial charge < -0.3 is 5.73 Å². The van der Waals surface area contributed by atoms with Gasteiger partial charge in [0.25, 0.3) is 0 Å². The SMILES string of the molecule is C=[N+](N=C(N)SC)c1[nH]ccc1-c1ccc(Cl)cc1. The van der Waals surface area contributed by atoms with Crippen LogP contribution in [0.1, 0.15) is 0 Å². The van der Waals surface area contributed by atoms with Crippen molar-refractivity contribution in [3.05, 3.63) is 41.6 Å². The summed E-state index contributed by atoms with van der Waals surface area (Å²) in [6, 6.07) is 9.55. The molecule has 0 radical (unpaired) electrons. The van der Waals surface area contributed by atoms with Crippen molar-refractivity contribution in [2.24, 2.45) is 10.8 Å². The van der Waals surface area contributed by atoms with Gasteiger partial charge in [0.05, 0.1) is 18.5 Å². The standard InChI is InChI=1S/C13H14ClN4S/c1-18(17-13(15)19-2)12-11(7-8-16-12)9-3-5-10(14)6-4-9/h3-8,16H,1H2,2H3,(H2,15,17)/q+1. The van der Waals surface area contributed by atoms with Crippen molar-refractivity contribution in [2.45, 2.75) is 0 Å². The highest BCUT2D eigenvalue weighted by atomic mass is 35.5. The molecular formula is C13H14ClN4S+. The molecule has 1 aromatic heterocycles. The Labute approximate surface area is 121 Å². The maximum atomic E-state index is 5.89. The molecule has 0 spiro atoms. The summed E-state index contributed by atoms with van der Waals surface area (Å²) in [7, 11) is 0. The maximum absolute atomic E-state index is 5.89. The summed E-state index contributed by atoms with van der Waals surface area (Å²) in [5, 5.41) is 5.32. The van der Waals surface area contributed by atoms with Crippen molar-refractivity contribution in [1.82, 2.24) is 4.98 Å². The summed E-state index contributed by atoms with van der Waals surface area (Å²) in [5.74, 6) is 0.777. The number of hydrazone groups is 1. The summed E-state index contributed by atoms with van der Waals surface area (Å²) >= 11 is 7.26. The lowest BCUT2D eigenvalue weighted by atomic mass is 10.1. The number of rotatable bonds is 3. The minimum Gasteiger partial charge on any atom is -0.375 e. The molecule has 3 N–H and O–H groups in total. The van der Waals surface area contributed by atoms with Crippen LogP contribution in [-0.4, -0.2) is 27.8 Å². The van der Waals surface area contributed by atoms with Gasteiger partial charge in [0.15, 0.2) is 0 Å². The Morgan fingerprint density at radius 3 is 2.68 bits per heavy atom. The Morgan fingerprint density at radius 1 is 1.37 bits per heavy atom. The van der Waals surface area contributed by atoms with Gasteiger partial charge >= 0.3 is 5.82 Å². The molecule has 6 heteroatoms. The van der Waals surface area contributed by atoms with Crippen LogP contribution in [0.5, 0.6) is 0 Å². The molecule has 1 heterocycles. The van der Waals surface area contributed by atoms with E-state index in [9.17, 15) is 0 Å². The summed E-state index contributed by atoms with van der Waals surface area (Å²) < 4.78 is 1.48. The van der Waals surface area contributed by atoms with E-state index in [1.165, 1.54) is 16.4 Å². The number of nitrogens with two attached hydrogens (primary N) is 1. The topological polar surface area (TPSA) is 57.2 Å². The van der Waals surface area contributed by atoms with E-state index >= 15 is 0 Å². The van der Waals surface area contributed by atoms with Crippen molar-refractivity contribution in [3.63, 3.8) is 0 Å². The first kappa shape index (κ1) is 13.7. The van der Waals surface area contributed by atoms with Gasteiger partial charge in [-0.3, -0.25) is 0 Å². The fraction of sp³-hybridized carbons (Fsp3) is 0.0769. The molecule has 0 atom stereocenters. The second-order valence-corrected chi connectivity index (χ2v) is 5.05. The molecule has 0 bridgehead atoms. The minimum absolute atomic E-state index is 0.451. The molecular weight excluding hydrogens is 280 g/mol. The molecule has 0 unspecified atom stereocenters. The molecule has 0 saturated carbocycles. The van der Waals surface area contributed by atoms with Crippen molar-refractivity contribution in [1.29, 1.82) is 0 Å². The number of benzene rings is 1. The number of aromatic nitrogens is 1. The van der Waals surface area contributed by atoms with Crippen LogP contribution < -0.4 is 5.73 Å². The lowest BCUT2D eigenvalue weighted by Crippen LogP contribution is -2.09. The smallest absolute Gasteiger partial charge is 0.312 e. The highest BCUT2D eigenvalue weighted by Crippen LogP contribution is 2.29. The Hall–Kier alpha value is -1.72. The second-order valence-electron chi connectivity index (χ2n) is 3.79. The Bertz CT molecular complexity index is 616. The van der Waals surface area contributed by atoms with E-state index in [0.717, 1.165) is 16.9 Å². The summed E-state index contributed by atoms with van der Waals surface area (Å²) in [4.78, 5) is 3.11. The third-order valence-corrected chi connectivity index (χ3v) is 3.32. The van der Waals surface area contributed by atoms with Gasteiger partial charge in [-0.05, 0) is 30.0 Å². The van der Waals surface area contributed by atoms with Crippen LogP contribution in [0, 0.1) is 0 Å². The molecule has 0 aliphatic rings. The van der Waals surface area contributed by atoms with E-state index in [2.05, 4.69) is 16.8 Å². The number of amidine groups is 1. The van der Waals surface area contributed by atoms with Crippen LogP contribution in [0.4, 0.5) is 5.82 Å². The van der Waals surface area contributed by atoms with Gasteiger partial charge in [-0.2, -0.15) is 0 Å². The summed E-state index contributed by atoms with van der Waals surface area (Å²) in [5.41, 5.74) is 7.71. The molecule has 2 aromatic rings. The monoisotopic (exact) mass is 293 g/mol. The van der Waals surface area contributed by atoms with E-state index in [1.807, 2.05) is 42.8 Å². The molecule has 4 nitrogen and oxygen atoms in total. The number of H-pyrrole nitrogens is 1. The zero-order valence-corrected chi connectivity index (χ0v) is 12.0. The van der Waals surface area contributed by atoms with Crippen molar-refractivity contribution in [3.8, 4) is 11.1 Å². The molecule has 19 heavy (non-hydrogen) atoms. The summed E-state index contributed by atoms with van der Waals surface area (Å²) in [6.45, 7) is 3.87. The molecule has 0 aliphatic heterocycles. The molecule has 0 fully saturated rings. The summed E-state index contributed by atoms with van der Waals surface area (Å²) in [6.07, 6.45) is 3.70. The number of aromatic amines is 1. The molecule has 1 aromatic carbocycles. The average molecular weight is 294 g/mol. The lowest BCUT2D eigenvalue weighted by Gasteiger charge is -2.01. The first-order valence-electron chi connectivity index (χ1n) is 5.54. The van der Waals surface area contributed by atoms with Crippen molar-refractivity contribution >= 4 is 41.1 Å². The quantitative estimate of drug-likeness (QED) is 0.395. The van der Waals surface area contributed by atoms with Crippen LogP contribution in [-0.2, 0) is 0 Å². The fourth-order valence-electron chi connectivity index (χ4n) is 1.65. The van der Waals surface area contributed by atoms with Crippen LogP contribution in [0.15, 0.2) is 41.6 Å². The first-order chi connectivity index (χ1) is 9.11. The van der Waals surface area contributed by atoms with Gasteiger partial charge in [0.1, 0.15) is 0 Å². The van der Waals surface area contributed by atoms with Gasteiger partial charge in [-0.25, -0.2) is 4.98 Å². The minimum atomic E-state index is 0.451. The van der Waals surface area contributed by atoms with E-state index in [-0.39, 0.29) is 0 Å². The van der Waals surface area contributed by atoms with Crippen molar-refractivity contribution < 1.29 is 4.68 Å². The highest BCUT2D eigenvalue weighted by molar-refractivity contribution is 8.13. The number of thioether (sulfide) groups is 1. The van der Waals surface area contributed by atoms with Gasteiger partial charge in [-0.15, -0.1) is 4.68 Å². The van der Waals surface area contributed by atoms with Crippen LogP contribution in [0.3, 0.4) is 0 Å². The first-order valence-corrected chi connectivity index (χ1v) is 7.14. The molecule has 0 amide bonds. The molecule has 98 valence electrons. The van der Waals surface area contributed by atoms with E-state index < -0.39 is 0 Å². The van der Waals surface area contributed by atoms with Crippen LogP contribution >= 0.6 is 23.4 Å². The third kappa shape index (κ3) is 3.19. The second kappa shape index (κ2) is 5.95. The van der Waals surface area contributed by atoms with Gasteiger partial charge in [0.2, 0.25) is 5.17 Å². The molecule has 2 rings (SSSR count). The van der Waals surface area contributed by atoms with E-state index in [4.69, 9.17) is 17.3 Å². The Balaban J connectivity index is 2.37. The number of nitrogens with one attached hydrogen (secondary N) is 1. The van der Waals surface area contributed by atoms with Crippen LogP contribution in [0.2, 0.25) is 5.02 Å². The molecule has 0 saturated heterocycles.